The fourth-order valence-electron chi connectivity index (χ4n) is 4.40. The summed E-state index contributed by atoms with van der Waals surface area (Å²) in [5, 5.41) is 19.5. The first-order chi connectivity index (χ1) is 14.8. The van der Waals surface area contributed by atoms with Crippen LogP contribution >= 0.6 is 0 Å². The summed E-state index contributed by atoms with van der Waals surface area (Å²) in [6.45, 7) is 5.26. The molecule has 1 aliphatic rings. The van der Waals surface area contributed by atoms with Gasteiger partial charge in [0, 0.05) is 31.0 Å². The predicted octanol–water partition coefficient (Wildman–Crippen LogP) is 3.00. The molecular formula is C25H29O6-. The molecule has 31 heavy (non-hydrogen) atoms. The molecule has 6 nitrogen and oxygen atoms in total. The molecule has 0 unspecified atom stereocenters. The van der Waals surface area contributed by atoms with E-state index >= 15 is 0 Å². The van der Waals surface area contributed by atoms with Gasteiger partial charge >= 0.3 is 5.97 Å². The Hall–Kier alpha value is -2.70. The average molecular weight is 426 g/mol. The van der Waals surface area contributed by atoms with Gasteiger partial charge in [-0.2, -0.15) is 0 Å². The molecule has 0 saturated carbocycles. The lowest BCUT2D eigenvalue weighted by Crippen LogP contribution is -2.30. The summed E-state index contributed by atoms with van der Waals surface area (Å²) in [5.41, 5.74) is 6.82. The van der Waals surface area contributed by atoms with Crippen LogP contribution in [0, 0.1) is 13.8 Å². The van der Waals surface area contributed by atoms with Crippen LogP contribution in [0.15, 0.2) is 36.4 Å². The van der Waals surface area contributed by atoms with Crippen molar-refractivity contribution in [3.8, 4) is 11.1 Å². The quantitative estimate of drug-likeness (QED) is 0.525. The van der Waals surface area contributed by atoms with Crippen LogP contribution in [-0.2, 0) is 24.5 Å². The standard InChI is InChI=1S/C25H30O6/c1-17-3-5-19-20-6-4-18(2)16-22(20)25(21(19)15-17,9-13-30-11-7-23(26)27)10-14-31-12-8-24(28)29/h3-6,15-16H,7-14H2,1-2H3,(H,26,27)(H,28,29)/p-1. The largest absolute Gasteiger partial charge is 0.550 e. The first-order valence-corrected chi connectivity index (χ1v) is 10.6. The van der Waals surface area contributed by atoms with E-state index in [0.29, 0.717) is 26.1 Å². The molecule has 0 saturated heterocycles. The second kappa shape index (κ2) is 10.1. The van der Waals surface area contributed by atoms with Crippen molar-refractivity contribution >= 4 is 11.9 Å². The van der Waals surface area contributed by atoms with Crippen molar-refractivity contribution in [2.75, 3.05) is 26.4 Å². The summed E-state index contributed by atoms with van der Waals surface area (Å²) >= 11 is 0. The molecule has 0 bridgehead atoms. The van der Waals surface area contributed by atoms with Crippen molar-refractivity contribution in [1.82, 2.24) is 0 Å². The van der Waals surface area contributed by atoms with E-state index in [4.69, 9.17) is 14.6 Å². The van der Waals surface area contributed by atoms with Gasteiger partial charge in [-0.05, 0) is 48.9 Å². The van der Waals surface area contributed by atoms with Crippen LogP contribution in [0.3, 0.4) is 0 Å². The SMILES string of the molecule is Cc1ccc2c(c1)C(CCOCCC(=O)[O-])(CCOCCC(=O)O)c1cc(C)ccc1-2. The molecule has 0 fully saturated rings. The van der Waals surface area contributed by atoms with Crippen molar-refractivity contribution in [2.24, 2.45) is 0 Å². The number of hydrogen-bond acceptors (Lipinski definition) is 5. The number of carboxylic acids is 2. The lowest BCUT2D eigenvalue weighted by molar-refractivity contribution is -0.306. The third-order valence-electron chi connectivity index (χ3n) is 5.93. The number of aliphatic carboxylic acids is 2. The highest BCUT2D eigenvalue weighted by atomic mass is 16.5. The molecule has 0 spiro atoms. The van der Waals surface area contributed by atoms with Crippen LogP contribution in [0.4, 0.5) is 0 Å². The van der Waals surface area contributed by atoms with Gasteiger partial charge < -0.3 is 24.5 Å². The van der Waals surface area contributed by atoms with Gasteiger partial charge in [0.2, 0.25) is 0 Å². The summed E-state index contributed by atoms with van der Waals surface area (Å²) in [6, 6.07) is 13.0. The lowest BCUT2D eigenvalue weighted by atomic mass is 9.72. The van der Waals surface area contributed by atoms with Gasteiger partial charge in [-0.3, -0.25) is 4.79 Å². The highest BCUT2D eigenvalue weighted by Gasteiger charge is 2.42. The molecule has 1 aliphatic carbocycles. The molecule has 0 radical (unpaired) electrons. The van der Waals surface area contributed by atoms with Crippen molar-refractivity contribution in [3.05, 3.63) is 58.7 Å². The molecule has 0 aliphatic heterocycles. The van der Waals surface area contributed by atoms with E-state index in [9.17, 15) is 14.7 Å². The smallest absolute Gasteiger partial charge is 0.305 e. The zero-order valence-corrected chi connectivity index (χ0v) is 18.1. The number of carbonyl (C=O) groups excluding carboxylic acids is 1. The molecule has 2 aromatic carbocycles. The molecule has 2 aromatic rings. The average Bonchev–Trinajstić information content (AvgIpc) is 2.96. The Balaban J connectivity index is 1.90. The number of carboxylic acid groups (broad SMARTS) is 2. The maximum absolute atomic E-state index is 10.8. The molecule has 0 atom stereocenters. The van der Waals surface area contributed by atoms with E-state index in [1.807, 2.05) is 0 Å². The molecular weight excluding hydrogens is 396 g/mol. The number of aryl methyl sites for hydroxylation is 2. The minimum absolute atomic E-state index is 0.0231. The third kappa shape index (κ3) is 5.32. The van der Waals surface area contributed by atoms with E-state index in [1.54, 1.807) is 0 Å². The van der Waals surface area contributed by atoms with Gasteiger partial charge in [0.05, 0.1) is 19.6 Å². The fraction of sp³-hybridized carbons (Fsp3) is 0.440. The van der Waals surface area contributed by atoms with E-state index in [2.05, 4.69) is 50.2 Å². The molecule has 0 heterocycles. The summed E-state index contributed by atoms with van der Waals surface area (Å²) in [5.74, 6) is -2.00. The van der Waals surface area contributed by atoms with E-state index in [-0.39, 0.29) is 31.5 Å². The lowest BCUT2D eigenvalue weighted by Gasteiger charge is -2.33. The van der Waals surface area contributed by atoms with E-state index in [0.717, 1.165) is 11.1 Å². The van der Waals surface area contributed by atoms with Gasteiger partial charge in [0.1, 0.15) is 0 Å². The molecule has 0 aromatic heterocycles. The number of ether oxygens (including phenoxy) is 2. The van der Waals surface area contributed by atoms with Crippen LogP contribution < -0.4 is 5.11 Å². The van der Waals surface area contributed by atoms with Gasteiger partial charge in [0.15, 0.2) is 0 Å². The number of carbonyl (C=O) groups is 2. The predicted molar refractivity (Wildman–Crippen MR) is 115 cm³/mol. The van der Waals surface area contributed by atoms with Gasteiger partial charge in [-0.15, -0.1) is 0 Å². The molecule has 166 valence electrons. The Morgan fingerprint density at radius 2 is 1.32 bits per heavy atom. The Bertz CT molecular complexity index is 872. The van der Waals surface area contributed by atoms with Gasteiger partial charge in [-0.1, -0.05) is 47.5 Å². The van der Waals surface area contributed by atoms with Crippen LogP contribution in [0.25, 0.3) is 11.1 Å². The molecule has 1 N–H and O–H groups in total. The van der Waals surface area contributed by atoms with Crippen molar-refractivity contribution in [1.29, 1.82) is 0 Å². The summed E-state index contributed by atoms with van der Waals surface area (Å²) in [4.78, 5) is 21.5. The maximum atomic E-state index is 10.8. The van der Waals surface area contributed by atoms with Gasteiger partial charge in [-0.25, -0.2) is 0 Å². The first-order valence-electron chi connectivity index (χ1n) is 10.6. The highest BCUT2D eigenvalue weighted by Crippen LogP contribution is 2.53. The fourth-order valence-corrected chi connectivity index (χ4v) is 4.40. The van der Waals surface area contributed by atoms with E-state index < -0.39 is 11.9 Å². The Kier molecular flexibility index (Phi) is 7.46. The number of hydrogen-bond donors (Lipinski definition) is 1. The zero-order valence-electron chi connectivity index (χ0n) is 18.1. The van der Waals surface area contributed by atoms with Crippen molar-refractivity contribution in [3.63, 3.8) is 0 Å². The maximum Gasteiger partial charge on any atom is 0.305 e. The first kappa shape index (κ1) is 23.0. The van der Waals surface area contributed by atoms with Crippen molar-refractivity contribution < 1.29 is 29.3 Å². The number of benzene rings is 2. The second-order valence-corrected chi connectivity index (χ2v) is 8.17. The molecule has 6 heteroatoms. The van der Waals surface area contributed by atoms with Crippen LogP contribution in [0.1, 0.15) is 47.9 Å². The second-order valence-electron chi connectivity index (χ2n) is 8.17. The number of fused-ring (bicyclic) bond motifs is 3. The monoisotopic (exact) mass is 425 g/mol. The Morgan fingerprint density at radius 3 is 1.77 bits per heavy atom. The van der Waals surface area contributed by atoms with E-state index in [1.165, 1.54) is 22.3 Å². The summed E-state index contributed by atoms with van der Waals surface area (Å²) < 4.78 is 11.3. The minimum atomic E-state index is -1.12. The summed E-state index contributed by atoms with van der Waals surface area (Å²) in [7, 11) is 0. The van der Waals surface area contributed by atoms with Crippen LogP contribution in [0.5, 0.6) is 0 Å². The normalized spacial score (nSPS) is 13.6. The Morgan fingerprint density at radius 1 is 0.839 bits per heavy atom. The Labute approximate surface area is 182 Å². The molecule has 0 amide bonds. The summed E-state index contributed by atoms with van der Waals surface area (Å²) in [6.07, 6.45) is 1.21. The third-order valence-corrected chi connectivity index (χ3v) is 5.93. The molecule has 3 rings (SSSR count). The van der Waals surface area contributed by atoms with Crippen LogP contribution in [0.2, 0.25) is 0 Å². The zero-order chi connectivity index (χ0) is 22.4. The minimum Gasteiger partial charge on any atom is -0.550 e. The number of rotatable bonds is 12. The highest BCUT2D eigenvalue weighted by molar-refractivity contribution is 5.81. The topological polar surface area (TPSA) is 95.9 Å². The van der Waals surface area contributed by atoms with Gasteiger partial charge in [0.25, 0.3) is 0 Å². The van der Waals surface area contributed by atoms with Crippen molar-refractivity contribution in [2.45, 2.75) is 44.9 Å². The van der Waals surface area contributed by atoms with Crippen LogP contribution in [-0.4, -0.2) is 43.5 Å².